The first-order valence-corrected chi connectivity index (χ1v) is 5.82. The predicted molar refractivity (Wildman–Crippen MR) is 57.4 cm³/mol. The van der Waals surface area contributed by atoms with Crippen LogP contribution in [0.2, 0.25) is 0 Å². The van der Waals surface area contributed by atoms with Crippen LogP contribution in [0.5, 0.6) is 0 Å². The Kier molecular flexibility index (Phi) is 4.48. The zero-order valence-electron chi connectivity index (χ0n) is 8.62. The van der Waals surface area contributed by atoms with Crippen LogP contribution in [0.25, 0.3) is 0 Å². The molecule has 0 amide bonds. The summed E-state index contributed by atoms with van der Waals surface area (Å²) in [5.41, 5.74) is 0.431. The van der Waals surface area contributed by atoms with Crippen molar-refractivity contribution in [3.8, 4) is 0 Å². The summed E-state index contributed by atoms with van der Waals surface area (Å²) in [5.74, 6) is 1.58. The quantitative estimate of drug-likeness (QED) is 0.530. The molecule has 0 bridgehead atoms. The Morgan fingerprint density at radius 2 is 2.43 bits per heavy atom. The maximum atomic E-state index is 11.2. The molecule has 0 spiro atoms. The summed E-state index contributed by atoms with van der Waals surface area (Å²) in [6.45, 7) is 7.78. The second-order valence-electron chi connectivity index (χ2n) is 3.37. The van der Waals surface area contributed by atoms with Gasteiger partial charge >= 0.3 is 5.97 Å². The minimum Gasteiger partial charge on any atom is -0.457 e. The fourth-order valence-corrected chi connectivity index (χ4v) is 2.10. The van der Waals surface area contributed by atoms with Crippen LogP contribution in [0.1, 0.15) is 13.8 Å². The molecule has 0 N–H and O–H groups in total. The van der Waals surface area contributed by atoms with Crippen molar-refractivity contribution in [2.45, 2.75) is 26.1 Å². The van der Waals surface area contributed by atoms with Crippen molar-refractivity contribution in [1.82, 2.24) is 0 Å². The normalized spacial score (nSPS) is 24.0. The number of ether oxygens (including phenoxy) is 2. The Labute approximate surface area is 88.8 Å². The lowest BCUT2D eigenvalue weighted by Crippen LogP contribution is -2.36. The van der Waals surface area contributed by atoms with Crippen molar-refractivity contribution in [2.75, 3.05) is 18.1 Å². The van der Waals surface area contributed by atoms with Crippen LogP contribution < -0.4 is 0 Å². The van der Waals surface area contributed by atoms with E-state index in [0.717, 1.165) is 18.1 Å². The summed E-state index contributed by atoms with van der Waals surface area (Å²) in [4.78, 5) is 11.2. The van der Waals surface area contributed by atoms with Crippen LogP contribution >= 0.6 is 11.8 Å². The number of carbonyl (C=O) groups excluding carboxylic acids is 1. The summed E-state index contributed by atoms with van der Waals surface area (Å²) < 4.78 is 10.7. The Bertz CT molecular complexity index is 221. The molecule has 1 aliphatic heterocycles. The summed E-state index contributed by atoms with van der Waals surface area (Å²) in [7, 11) is 0. The van der Waals surface area contributed by atoms with E-state index in [4.69, 9.17) is 9.47 Å². The van der Waals surface area contributed by atoms with Crippen LogP contribution in [0.15, 0.2) is 12.2 Å². The number of thioether (sulfide) groups is 1. The van der Waals surface area contributed by atoms with E-state index in [0.29, 0.717) is 5.57 Å². The summed E-state index contributed by atoms with van der Waals surface area (Å²) >= 11 is 1.83. The molecule has 0 saturated carbocycles. The molecule has 14 heavy (non-hydrogen) atoms. The lowest BCUT2D eigenvalue weighted by molar-refractivity contribution is -0.150. The van der Waals surface area contributed by atoms with E-state index >= 15 is 0 Å². The van der Waals surface area contributed by atoms with Gasteiger partial charge in [-0.1, -0.05) is 6.58 Å². The van der Waals surface area contributed by atoms with E-state index < -0.39 is 0 Å². The van der Waals surface area contributed by atoms with Crippen LogP contribution in [-0.4, -0.2) is 36.3 Å². The predicted octanol–water partition coefficient (Wildman–Crippen LogP) is 1.63. The highest BCUT2D eigenvalue weighted by Crippen LogP contribution is 2.17. The van der Waals surface area contributed by atoms with Crippen molar-refractivity contribution in [2.24, 2.45) is 0 Å². The molecule has 0 aromatic carbocycles. The molecule has 1 rings (SSSR count). The van der Waals surface area contributed by atoms with Gasteiger partial charge in [-0.3, -0.25) is 0 Å². The van der Waals surface area contributed by atoms with Gasteiger partial charge < -0.3 is 9.47 Å². The van der Waals surface area contributed by atoms with Crippen LogP contribution in [0.3, 0.4) is 0 Å². The molecule has 1 aliphatic rings. The summed E-state index contributed by atoms with van der Waals surface area (Å²) in [5, 5.41) is 0. The average Bonchev–Trinajstić information content (AvgIpc) is 2.19. The Balaban J connectivity index is 2.36. The highest BCUT2D eigenvalue weighted by Gasteiger charge is 2.24. The minimum atomic E-state index is -0.336. The molecule has 2 unspecified atom stereocenters. The molecule has 3 nitrogen and oxygen atoms in total. The zero-order valence-corrected chi connectivity index (χ0v) is 9.43. The maximum Gasteiger partial charge on any atom is 0.333 e. The average molecular weight is 216 g/mol. The van der Waals surface area contributed by atoms with Gasteiger partial charge in [0, 0.05) is 17.1 Å². The van der Waals surface area contributed by atoms with Gasteiger partial charge in [0.2, 0.25) is 0 Å². The lowest BCUT2D eigenvalue weighted by Gasteiger charge is -2.27. The SMILES string of the molecule is C=C(C)C(=O)OC(C)C1CSCCO1. The van der Waals surface area contributed by atoms with Gasteiger partial charge in [-0.25, -0.2) is 4.79 Å². The Hall–Kier alpha value is -0.480. The van der Waals surface area contributed by atoms with E-state index in [2.05, 4.69) is 6.58 Å². The van der Waals surface area contributed by atoms with Crippen molar-refractivity contribution in [1.29, 1.82) is 0 Å². The van der Waals surface area contributed by atoms with Crippen LogP contribution in [-0.2, 0) is 14.3 Å². The van der Waals surface area contributed by atoms with Gasteiger partial charge in [0.15, 0.2) is 0 Å². The first kappa shape index (κ1) is 11.6. The first-order valence-electron chi connectivity index (χ1n) is 4.67. The monoisotopic (exact) mass is 216 g/mol. The standard InChI is InChI=1S/C10H16O3S/c1-7(2)10(11)13-8(3)9-6-14-5-4-12-9/h8-9H,1,4-6H2,2-3H3. The van der Waals surface area contributed by atoms with E-state index in [9.17, 15) is 4.79 Å². The smallest absolute Gasteiger partial charge is 0.333 e. The van der Waals surface area contributed by atoms with Crippen molar-refractivity contribution in [3.63, 3.8) is 0 Å². The highest BCUT2D eigenvalue weighted by atomic mass is 32.2. The molecular formula is C10H16O3S. The van der Waals surface area contributed by atoms with Crippen LogP contribution in [0.4, 0.5) is 0 Å². The largest absolute Gasteiger partial charge is 0.457 e. The molecule has 2 atom stereocenters. The molecule has 4 heteroatoms. The number of rotatable bonds is 3. The molecule has 0 aromatic rings. The fourth-order valence-electron chi connectivity index (χ4n) is 1.12. The van der Waals surface area contributed by atoms with Gasteiger partial charge in [-0.15, -0.1) is 0 Å². The van der Waals surface area contributed by atoms with E-state index in [-0.39, 0.29) is 18.2 Å². The molecule has 1 fully saturated rings. The third kappa shape index (κ3) is 3.35. The minimum absolute atomic E-state index is 0.0250. The molecule has 0 aromatic heterocycles. The zero-order chi connectivity index (χ0) is 10.6. The van der Waals surface area contributed by atoms with Crippen molar-refractivity contribution in [3.05, 3.63) is 12.2 Å². The molecule has 0 radical (unpaired) electrons. The number of carbonyl (C=O) groups is 1. The maximum absolute atomic E-state index is 11.2. The van der Waals surface area contributed by atoms with Crippen molar-refractivity contribution >= 4 is 17.7 Å². The van der Waals surface area contributed by atoms with Gasteiger partial charge in [0.05, 0.1) is 6.61 Å². The topological polar surface area (TPSA) is 35.5 Å². The fraction of sp³-hybridized carbons (Fsp3) is 0.700. The number of esters is 1. The molecular weight excluding hydrogens is 200 g/mol. The third-order valence-corrected chi connectivity index (χ3v) is 3.03. The van der Waals surface area contributed by atoms with E-state index in [1.807, 2.05) is 18.7 Å². The van der Waals surface area contributed by atoms with Gasteiger partial charge in [0.25, 0.3) is 0 Å². The summed E-state index contributed by atoms with van der Waals surface area (Å²) in [6, 6.07) is 0. The van der Waals surface area contributed by atoms with Gasteiger partial charge in [-0.05, 0) is 13.8 Å². The van der Waals surface area contributed by atoms with Gasteiger partial charge in [-0.2, -0.15) is 11.8 Å². The first-order chi connectivity index (χ1) is 6.61. The lowest BCUT2D eigenvalue weighted by atomic mass is 10.2. The molecule has 1 heterocycles. The molecule has 0 aliphatic carbocycles. The van der Waals surface area contributed by atoms with E-state index in [1.54, 1.807) is 6.92 Å². The Morgan fingerprint density at radius 3 is 2.93 bits per heavy atom. The second kappa shape index (κ2) is 5.41. The number of hydrogen-bond acceptors (Lipinski definition) is 4. The molecule has 1 saturated heterocycles. The highest BCUT2D eigenvalue weighted by molar-refractivity contribution is 7.99. The number of hydrogen-bond donors (Lipinski definition) is 0. The molecule has 80 valence electrons. The van der Waals surface area contributed by atoms with Gasteiger partial charge in [0.1, 0.15) is 12.2 Å². The summed E-state index contributed by atoms with van der Waals surface area (Å²) in [6.07, 6.45) is -0.163. The van der Waals surface area contributed by atoms with Crippen molar-refractivity contribution < 1.29 is 14.3 Å². The van der Waals surface area contributed by atoms with E-state index in [1.165, 1.54) is 0 Å². The third-order valence-electron chi connectivity index (χ3n) is 2.01. The second-order valence-corrected chi connectivity index (χ2v) is 4.52. The Morgan fingerprint density at radius 1 is 1.71 bits per heavy atom. The van der Waals surface area contributed by atoms with Crippen LogP contribution in [0, 0.1) is 0 Å².